The summed E-state index contributed by atoms with van der Waals surface area (Å²) >= 11 is 0. The molecule has 1 saturated heterocycles. The van der Waals surface area contributed by atoms with E-state index in [-0.39, 0.29) is 24.5 Å². The molecule has 3 rings (SSSR count). The minimum atomic E-state index is -0.163. The number of ether oxygens (including phenoxy) is 1. The Balaban J connectivity index is 1.53. The van der Waals surface area contributed by atoms with E-state index in [0.717, 1.165) is 24.3 Å². The number of amides is 1. The van der Waals surface area contributed by atoms with E-state index in [4.69, 9.17) is 4.74 Å². The van der Waals surface area contributed by atoms with Crippen molar-refractivity contribution in [1.29, 1.82) is 0 Å². The number of carbonyl (C=O) groups excluding carboxylic acids is 2. The topological polar surface area (TPSA) is 58.6 Å². The quantitative estimate of drug-likeness (QED) is 0.746. The number of aryl methyl sites for hydroxylation is 1. The van der Waals surface area contributed by atoms with E-state index in [1.54, 1.807) is 19.2 Å². The first-order valence-corrected chi connectivity index (χ1v) is 9.39. The van der Waals surface area contributed by atoms with Gasteiger partial charge in [0.1, 0.15) is 5.75 Å². The van der Waals surface area contributed by atoms with Crippen molar-refractivity contribution in [1.82, 2.24) is 0 Å². The molecule has 142 valence electrons. The van der Waals surface area contributed by atoms with Crippen molar-refractivity contribution in [2.75, 3.05) is 30.4 Å². The number of methoxy groups -OCH3 is 1. The summed E-state index contributed by atoms with van der Waals surface area (Å²) in [5.41, 5.74) is 3.46. The summed E-state index contributed by atoms with van der Waals surface area (Å²) < 4.78 is 5.25. The van der Waals surface area contributed by atoms with Crippen molar-refractivity contribution in [2.24, 2.45) is 0 Å². The van der Waals surface area contributed by atoms with Crippen molar-refractivity contribution < 1.29 is 14.3 Å². The molecule has 0 unspecified atom stereocenters. The van der Waals surface area contributed by atoms with Gasteiger partial charge < -0.3 is 15.0 Å². The minimum absolute atomic E-state index is 0.0879. The Morgan fingerprint density at radius 2 is 1.74 bits per heavy atom. The zero-order valence-corrected chi connectivity index (χ0v) is 16.0. The SMILES string of the molecule is COc1ccc(C)cc1C(=O)CCC(=O)Nc1ccc(N2CCCC2)cc1. The third kappa shape index (κ3) is 4.88. The first-order chi connectivity index (χ1) is 13.1. The van der Waals surface area contributed by atoms with Gasteiger partial charge in [0, 0.05) is 37.3 Å². The molecule has 0 atom stereocenters. The molecule has 0 aromatic heterocycles. The lowest BCUT2D eigenvalue weighted by Gasteiger charge is -2.17. The molecule has 5 heteroatoms. The number of carbonyl (C=O) groups is 2. The van der Waals surface area contributed by atoms with Gasteiger partial charge in [0.2, 0.25) is 5.91 Å². The normalized spacial score (nSPS) is 13.5. The highest BCUT2D eigenvalue weighted by Gasteiger charge is 2.15. The average molecular weight is 366 g/mol. The van der Waals surface area contributed by atoms with Crippen LogP contribution in [0.3, 0.4) is 0 Å². The monoisotopic (exact) mass is 366 g/mol. The number of benzene rings is 2. The van der Waals surface area contributed by atoms with Crippen LogP contribution in [-0.2, 0) is 4.79 Å². The second-order valence-corrected chi connectivity index (χ2v) is 6.92. The first kappa shape index (κ1) is 19.0. The molecular formula is C22H26N2O3. The van der Waals surface area contributed by atoms with Crippen LogP contribution in [0.2, 0.25) is 0 Å². The number of hydrogen-bond acceptors (Lipinski definition) is 4. The molecule has 1 fully saturated rings. The highest BCUT2D eigenvalue weighted by molar-refractivity contribution is 6.01. The van der Waals surface area contributed by atoms with Crippen LogP contribution in [0.25, 0.3) is 0 Å². The molecule has 0 aliphatic carbocycles. The molecule has 1 N–H and O–H groups in total. The molecule has 2 aromatic rings. The van der Waals surface area contributed by atoms with Crippen LogP contribution in [-0.4, -0.2) is 31.9 Å². The highest BCUT2D eigenvalue weighted by Crippen LogP contribution is 2.23. The van der Waals surface area contributed by atoms with Gasteiger partial charge in [-0.05, 0) is 56.2 Å². The predicted octanol–water partition coefficient (Wildman–Crippen LogP) is 4.21. The van der Waals surface area contributed by atoms with Crippen LogP contribution in [0, 0.1) is 6.92 Å². The third-order valence-electron chi connectivity index (χ3n) is 4.86. The Morgan fingerprint density at radius 1 is 1.04 bits per heavy atom. The molecule has 1 aliphatic rings. The maximum Gasteiger partial charge on any atom is 0.224 e. The van der Waals surface area contributed by atoms with Crippen molar-refractivity contribution in [3.63, 3.8) is 0 Å². The molecule has 2 aromatic carbocycles. The van der Waals surface area contributed by atoms with E-state index in [1.165, 1.54) is 18.5 Å². The molecule has 1 aliphatic heterocycles. The largest absolute Gasteiger partial charge is 0.496 e. The van der Waals surface area contributed by atoms with Crippen LogP contribution in [0.5, 0.6) is 5.75 Å². The summed E-state index contributed by atoms with van der Waals surface area (Å²) in [6, 6.07) is 13.4. The van der Waals surface area contributed by atoms with Gasteiger partial charge >= 0.3 is 0 Å². The summed E-state index contributed by atoms with van der Waals surface area (Å²) in [5.74, 6) is 0.294. The van der Waals surface area contributed by atoms with Crippen LogP contribution in [0.1, 0.15) is 41.6 Å². The molecule has 0 radical (unpaired) electrons. The maximum atomic E-state index is 12.5. The summed E-state index contributed by atoms with van der Waals surface area (Å²) in [7, 11) is 1.54. The lowest BCUT2D eigenvalue weighted by molar-refractivity contribution is -0.116. The molecule has 27 heavy (non-hydrogen) atoms. The van der Waals surface area contributed by atoms with Crippen molar-refractivity contribution in [3.8, 4) is 5.75 Å². The van der Waals surface area contributed by atoms with Gasteiger partial charge in [-0.3, -0.25) is 9.59 Å². The maximum absolute atomic E-state index is 12.5. The fourth-order valence-corrected chi connectivity index (χ4v) is 3.36. The van der Waals surface area contributed by atoms with Gasteiger partial charge in [0.15, 0.2) is 5.78 Å². The lowest BCUT2D eigenvalue weighted by atomic mass is 10.0. The van der Waals surface area contributed by atoms with E-state index in [0.29, 0.717) is 11.3 Å². The lowest BCUT2D eigenvalue weighted by Crippen LogP contribution is -2.17. The van der Waals surface area contributed by atoms with E-state index in [2.05, 4.69) is 10.2 Å². The Labute approximate surface area is 160 Å². The second-order valence-electron chi connectivity index (χ2n) is 6.92. The standard InChI is InChI=1S/C22H26N2O3/c1-16-5-11-21(27-2)19(15-16)20(25)10-12-22(26)23-17-6-8-18(9-7-17)24-13-3-4-14-24/h5-9,11,15H,3-4,10,12-14H2,1-2H3,(H,23,26). The van der Waals surface area contributed by atoms with Gasteiger partial charge in [-0.2, -0.15) is 0 Å². The molecule has 0 saturated carbocycles. The van der Waals surface area contributed by atoms with E-state index < -0.39 is 0 Å². The van der Waals surface area contributed by atoms with Crippen LogP contribution in [0.15, 0.2) is 42.5 Å². The Bertz CT molecular complexity index is 809. The number of hydrogen-bond donors (Lipinski definition) is 1. The van der Waals surface area contributed by atoms with Crippen LogP contribution < -0.4 is 15.0 Å². The van der Waals surface area contributed by atoms with Gasteiger partial charge in [0.25, 0.3) is 0 Å². The van der Waals surface area contributed by atoms with Gasteiger partial charge in [-0.25, -0.2) is 0 Å². The minimum Gasteiger partial charge on any atom is -0.496 e. The zero-order chi connectivity index (χ0) is 19.2. The molecule has 0 spiro atoms. The highest BCUT2D eigenvalue weighted by atomic mass is 16.5. The number of rotatable bonds is 7. The number of anilines is 2. The summed E-state index contributed by atoms with van der Waals surface area (Å²) in [5, 5.41) is 2.87. The summed E-state index contributed by atoms with van der Waals surface area (Å²) in [6.07, 6.45) is 2.76. The van der Waals surface area contributed by atoms with E-state index in [9.17, 15) is 9.59 Å². The number of Topliss-reactive ketones (excluding diaryl/α,β-unsaturated/α-hetero) is 1. The molecule has 1 heterocycles. The van der Waals surface area contributed by atoms with Gasteiger partial charge in [0.05, 0.1) is 12.7 Å². The van der Waals surface area contributed by atoms with Crippen molar-refractivity contribution >= 4 is 23.1 Å². The van der Waals surface area contributed by atoms with Crippen LogP contribution >= 0.6 is 0 Å². The molecule has 5 nitrogen and oxygen atoms in total. The Kier molecular flexibility index (Phi) is 6.12. The van der Waals surface area contributed by atoms with Gasteiger partial charge in [-0.1, -0.05) is 11.6 Å². The average Bonchev–Trinajstić information content (AvgIpc) is 3.21. The van der Waals surface area contributed by atoms with Crippen molar-refractivity contribution in [2.45, 2.75) is 32.6 Å². The number of nitrogens with zero attached hydrogens (tertiary/aromatic N) is 1. The summed E-state index contributed by atoms with van der Waals surface area (Å²) in [4.78, 5) is 27.0. The Hall–Kier alpha value is -2.82. The zero-order valence-electron chi connectivity index (χ0n) is 16.0. The first-order valence-electron chi connectivity index (χ1n) is 9.39. The fourth-order valence-electron chi connectivity index (χ4n) is 3.36. The predicted molar refractivity (Wildman–Crippen MR) is 108 cm³/mol. The van der Waals surface area contributed by atoms with Crippen molar-refractivity contribution in [3.05, 3.63) is 53.6 Å². The number of nitrogens with one attached hydrogen (secondary N) is 1. The van der Waals surface area contributed by atoms with Gasteiger partial charge in [-0.15, -0.1) is 0 Å². The smallest absolute Gasteiger partial charge is 0.224 e. The summed E-state index contributed by atoms with van der Waals surface area (Å²) in [6.45, 7) is 4.11. The molecule has 1 amide bonds. The second kappa shape index (κ2) is 8.71. The third-order valence-corrected chi connectivity index (χ3v) is 4.86. The van der Waals surface area contributed by atoms with E-state index in [1.807, 2.05) is 37.3 Å². The fraction of sp³-hybridized carbons (Fsp3) is 0.364. The molecule has 0 bridgehead atoms. The van der Waals surface area contributed by atoms with Crippen LogP contribution in [0.4, 0.5) is 11.4 Å². The Morgan fingerprint density at radius 3 is 2.41 bits per heavy atom. The van der Waals surface area contributed by atoms with E-state index >= 15 is 0 Å². The number of ketones is 1. The molecular weight excluding hydrogens is 340 g/mol.